The summed E-state index contributed by atoms with van der Waals surface area (Å²) in [6.45, 7) is 9.21. The minimum absolute atomic E-state index is 0.264. The van der Waals surface area contributed by atoms with E-state index in [9.17, 15) is 24.5 Å². The number of carbonyl (C=O) groups is 3. The number of amides is 2. The normalized spacial score (nSPS) is 11.5. The minimum Gasteiger partial charge on any atom is -0.478 e. The highest BCUT2D eigenvalue weighted by atomic mass is 16.6. The van der Waals surface area contributed by atoms with Gasteiger partial charge in [-0.25, -0.2) is 19.4 Å². The number of carboxylic acid groups (broad SMARTS) is 1. The van der Waals surface area contributed by atoms with Crippen LogP contribution in [-0.2, 0) is 9.47 Å². The highest BCUT2D eigenvalue weighted by molar-refractivity contribution is 6.10. The quantitative estimate of drug-likeness (QED) is 0.612. The Balaban J connectivity index is 3.54. The summed E-state index contributed by atoms with van der Waals surface area (Å²) in [6.07, 6.45) is -1.72. The average Bonchev–Trinajstić information content (AvgIpc) is 2.43. The Morgan fingerprint density at radius 3 is 1.85 bits per heavy atom. The van der Waals surface area contributed by atoms with Crippen LogP contribution in [0.5, 0.6) is 0 Å². The standard InChI is InChI=1S/C16H21N3O8/c1-15(2,3)26-13(22)18(14(23)27-16(4,5)6)11-10(19(24)25)7-9(8-17-11)12(20)21/h7-8H,1-6H3,(H,20,21). The van der Waals surface area contributed by atoms with Gasteiger partial charge in [-0.1, -0.05) is 0 Å². The molecule has 27 heavy (non-hydrogen) atoms. The molecule has 0 radical (unpaired) electrons. The van der Waals surface area contributed by atoms with Gasteiger partial charge in [-0.15, -0.1) is 0 Å². The molecule has 1 aromatic rings. The molecule has 148 valence electrons. The van der Waals surface area contributed by atoms with E-state index in [-0.39, 0.29) is 4.90 Å². The van der Waals surface area contributed by atoms with Crippen molar-refractivity contribution in [2.45, 2.75) is 52.7 Å². The summed E-state index contributed by atoms with van der Waals surface area (Å²) in [6, 6.07) is 0.687. The van der Waals surface area contributed by atoms with Gasteiger partial charge in [0.15, 0.2) is 0 Å². The fourth-order valence-electron chi connectivity index (χ4n) is 1.73. The van der Waals surface area contributed by atoms with Crippen LogP contribution < -0.4 is 4.90 Å². The molecule has 0 aliphatic heterocycles. The number of rotatable bonds is 3. The molecule has 1 N–H and O–H groups in total. The molecule has 0 saturated heterocycles. The van der Waals surface area contributed by atoms with Crippen molar-refractivity contribution >= 4 is 29.7 Å². The largest absolute Gasteiger partial charge is 0.478 e. The molecule has 2 amide bonds. The van der Waals surface area contributed by atoms with Crippen molar-refractivity contribution in [3.63, 3.8) is 0 Å². The van der Waals surface area contributed by atoms with Gasteiger partial charge in [0, 0.05) is 12.3 Å². The van der Waals surface area contributed by atoms with E-state index < -0.39 is 51.3 Å². The van der Waals surface area contributed by atoms with Gasteiger partial charge in [0.05, 0.1) is 10.5 Å². The van der Waals surface area contributed by atoms with Crippen LogP contribution in [0.4, 0.5) is 21.1 Å². The summed E-state index contributed by atoms with van der Waals surface area (Å²) >= 11 is 0. The highest BCUT2D eigenvalue weighted by Crippen LogP contribution is 2.29. The third-order valence-corrected chi connectivity index (χ3v) is 2.65. The summed E-state index contributed by atoms with van der Waals surface area (Å²) in [4.78, 5) is 50.3. The Labute approximate surface area is 155 Å². The monoisotopic (exact) mass is 383 g/mol. The maximum Gasteiger partial charge on any atom is 0.426 e. The van der Waals surface area contributed by atoms with Crippen LogP contribution in [0, 0.1) is 10.1 Å². The van der Waals surface area contributed by atoms with E-state index in [0.717, 1.165) is 6.20 Å². The van der Waals surface area contributed by atoms with E-state index >= 15 is 0 Å². The zero-order chi connectivity index (χ0) is 21.2. The van der Waals surface area contributed by atoms with Crippen LogP contribution in [0.25, 0.3) is 0 Å². The number of anilines is 1. The minimum atomic E-state index is -1.46. The number of aromatic nitrogens is 1. The maximum absolute atomic E-state index is 12.5. The molecular formula is C16H21N3O8. The number of pyridine rings is 1. The van der Waals surface area contributed by atoms with Crippen molar-refractivity contribution in [2.75, 3.05) is 4.90 Å². The molecule has 0 fully saturated rings. The number of aromatic carboxylic acids is 1. The third-order valence-electron chi connectivity index (χ3n) is 2.65. The lowest BCUT2D eigenvalue weighted by molar-refractivity contribution is -0.384. The van der Waals surface area contributed by atoms with Gasteiger partial charge in [0.1, 0.15) is 11.2 Å². The number of imide groups is 1. The van der Waals surface area contributed by atoms with Gasteiger partial charge >= 0.3 is 23.8 Å². The van der Waals surface area contributed by atoms with Crippen molar-refractivity contribution < 1.29 is 33.9 Å². The molecule has 0 aromatic carbocycles. The predicted octanol–water partition coefficient (Wildman–Crippen LogP) is 3.36. The molecular weight excluding hydrogens is 362 g/mol. The SMILES string of the molecule is CC(C)(C)OC(=O)N(C(=O)OC(C)(C)C)c1ncc(C(=O)O)cc1[N+](=O)[O-]. The Morgan fingerprint density at radius 2 is 1.52 bits per heavy atom. The van der Waals surface area contributed by atoms with E-state index in [1.807, 2.05) is 0 Å². The predicted molar refractivity (Wildman–Crippen MR) is 92.8 cm³/mol. The Bertz CT molecular complexity index is 749. The van der Waals surface area contributed by atoms with Crippen LogP contribution in [-0.4, -0.2) is 44.4 Å². The molecule has 1 heterocycles. The van der Waals surface area contributed by atoms with Gasteiger partial charge in [-0.3, -0.25) is 10.1 Å². The molecule has 0 saturated carbocycles. The zero-order valence-corrected chi connectivity index (χ0v) is 15.8. The number of carboxylic acids is 1. The smallest absolute Gasteiger partial charge is 0.426 e. The van der Waals surface area contributed by atoms with Crippen LogP contribution in [0.15, 0.2) is 12.3 Å². The molecule has 0 aliphatic rings. The van der Waals surface area contributed by atoms with Crippen molar-refractivity contribution in [2.24, 2.45) is 0 Å². The molecule has 1 aromatic heterocycles. The van der Waals surface area contributed by atoms with Gasteiger partial charge in [0.2, 0.25) is 5.82 Å². The number of ether oxygens (including phenoxy) is 2. The van der Waals surface area contributed by atoms with E-state index in [1.165, 1.54) is 41.5 Å². The van der Waals surface area contributed by atoms with Crippen molar-refractivity contribution in [1.82, 2.24) is 4.98 Å². The lowest BCUT2D eigenvalue weighted by Gasteiger charge is -2.27. The lowest BCUT2D eigenvalue weighted by Crippen LogP contribution is -2.44. The molecule has 11 nitrogen and oxygen atoms in total. The Hall–Kier alpha value is -3.24. The zero-order valence-electron chi connectivity index (χ0n) is 15.8. The summed E-state index contributed by atoms with van der Waals surface area (Å²) in [5.74, 6) is -2.17. The second-order valence-corrected chi connectivity index (χ2v) is 7.43. The second kappa shape index (κ2) is 7.56. The first-order valence-corrected chi connectivity index (χ1v) is 7.76. The van der Waals surface area contributed by atoms with E-state index in [1.54, 1.807) is 0 Å². The first kappa shape index (κ1) is 21.8. The van der Waals surface area contributed by atoms with Crippen molar-refractivity contribution in [3.8, 4) is 0 Å². The molecule has 0 spiro atoms. The lowest BCUT2D eigenvalue weighted by atomic mass is 10.2. The van der Waals surface area contributed by atoms with Crippen molar-refractivity contribution in [1.29, 1.82) is 0 Å². The molecule has 11 heteroatoms. The van der Waals surface area contributed by atoms with Gasteiger partial charge in [0.25, 0.3) is 0 Å². The molecule has 0 bridgehead atoms. The highest BCUT2D eigenvalue weighted by Gasteiger charge is 2.38. The van der Waals surface area contributed by atoms with E-state index in [4.69, 9.17) is 14.6 Å². The first-order valence-electron chi connectivity index (χ1n) is 7.76. The summed E-state index contributed by atoms with van der Waals surface area (Å²) in [7, 11) is 0. The Morgan fingerprint density at radius 1 is 1.07 bits per heavy atom. The number of hydrogen-bond donors (Lipinski definition) is 1. The van der Waals surface area contributed by atoms with E-state index in [0.29, 0.717) is 6.07 Å². The fourth-order valence-corrected chi connectivity index (χ4v) is 1.73. The van der Waals surface area contributed by atoms with Gasteiger partial charge in [-0.2, -0.15) is 4.90 Å². The summed E-state index contributed by atoms with van der Waals surface area (Å²) < 4.78 is 10.2. The summed E-state index contributed by atoms with van der Waals surface area (Å²) in [5, 5.41) is 20.3. The summed E-state index contributed by atoms with van der Waals surface area (Å²) in [5.41, 5.74) is -3.40. The van der Waals surface area contributed by atoms with Gasteiger partial charge in [-0.05, 0) is 41.5 Å². The molecule has 0 atom stereocenters. The Kier molecular flexibility index (Phi) is 6.10. The van der Waals surface area contributed by atoms with Crippen LogP contribution in [0.1, 0.15) is 51.9 Å². The maximum atomic E-state index is 12.5. The van der Waals surface area contributed by atoms with Crippen LogP contribution in [0.3, 0.4) is 0 Å². The number of hydrogen-bond acceptors (Lipinski definition) is 8. The number of carbonyl (C=O) groups excluding carboxylic acids is 2. The van der Waals surface area contributed by atoms with E-state index in [2.05, 4.69) is 4.98 Å². The van der Waals surface area contributed by atoms with Crippen molar-refractivity contribution in [3.05, 3.63) is 27.9 Å². The van der Waals surface area contributed by atoms with Crippen LogP contribution in [0.2, 0.25) is 0 Å². The first-order chi connectivity index (χ1) is 12.1. The molecule has 0 unspecified atom stereocenters. The fraction of sp³-hybridized carbons (Fsp3) is 0.500. The third kappa shape index (κ3) is 6.20. The van der Waals surface area contributed by atoms with Gasteiger partial charge < -0.3 is 14.6 Å². The molecule has 1 rings (SSSR count). The topological polar surface area (TPSA) is 149 Å². The molecule has 0 aliphatic carbocycles. The number of nitrogens with zero attached hydrogens (tertiary/aromatic N) is 3. The second-order valence-electron chi connectivity index (χ2n) is 7.43. The average molecular weight is 383 g/mol. The van der Waals surface area contributed by atoms with Crippen LogP contribution >= 0.6 is 0 Å². The number of nitro groups is 1.